The summed E-state index contributed by atoms with van der Waals surface area (Å²) in [5.74, 6) is -3.74. The molecule has 0 unspecified atom stereocenters. The maximum atomic E-state index is 11.8. The molecule has 2 aliphatic heterocycles. The van der Waals surface area contributed by atoms with E-state index < -0.39 is 42.1 Å². The van der Waals surface area contributed by atoms with E-state index >= 15 is 0 Å². The zero-order valence-corrected chi connectivity index (χ0v) is 14.1. The van der Waals surface area contributed by atoms with Gasteiger partial charge >= 0.3 is 11.9 Å². The van der Waals surface area contributed by atoms with E-state index in [9.17, 15) is 19.8 Å². The van der Waals surface area contributed by atoms with E-state index in [0.29, 0.717) is 0 Å². The summed E-state index contributed by atoms with van der Waals surface area (Å²) >= 11 is 0. The Labute approximate surface area is 149 Å². The number of rotatable bonds is 5. The molecule has 2 heterocycles. The number of fused-ring (bicyclic) bond motifs is 2. The Balaban J connectivity index is 1.57. The van der Waals surface area contributed by atoms with Gasteiger partial charge in [-0.15, -0.1) is 0 Å². The molecular formula is C18H20O8. The van der Waals surface area contributed by atoms with Crippen LogP contribution in [0, 0.1) is 0 Å². The highest BCUT2D eigenvalue weighted by Crippen LogP contribution is 2.38. The van der Waals surface area contributed by atoms with Crippen LogP contribution >= 0.6 is 0 Å². The highest BCUT2D eigenvalue weighted by molar-refractivity contribution is 5.87. The summed E-state index contributed by atoms with van der Waals surface area (Å²) < 4.78 is 20.5. The average Bonchev–Trinajstić information content (AvgIpc) is 2.83. The van der Waals surface area contributed by atoms with Crippen molar-refractivity contribution in [3.63, 3.8) is 0 Å². The molecule has 26 heavy (non-hydrogen) atoms. The van der Waals surface area contributed by atoms with Crippen LogP contribution in [0.5, 0.6) is 0 Å². The first-order chi connectivity index (χ1) is 12.4. The number of carbonyl (C=O) groups is 2. The SMILES string of the molecule is COC(=O)[C@@]1(O)C[C@H]2O[C@H](COC(=O)C=Cc3ccccc3)[C@@H](O1)[C@H]2O. The van der Waals surface area contributed by atoms with Gasteiger partial charge in [0.05, 0.1) is 13.2 Å². The quantitative estimate of drug-likeness (QED) is 0.556. The fraction of sp³-hybridized carbons (Fsp3) is 0.444. The third-order valence-electron chi connectivity index (χ3n) is 4.35. The van der Waals surface area contributed by atoms with Gasteiger partial charge in [0.25, 0.3) is 5.79 Å². The lowest BCUT2D eigenvalue weighted by Crippen LogP contribution is -2.56. The molecule has 8 heteroatoms. The maximum Gasteiger partial charge on any atom is 0.366 e. The Morgan fingerprint density at radius 1 is 1.35 bits per heavy atom. The van der Waals surface area contributed by atoms with E-state index in [1.54, 1.807) is 6.08 Å². The molecule has 0 saturated carbocycles. The van der Waals surface area contributed by atoms with Crippen molar-refractivity contribution in [1.29, 1.82) is 0 Å². The van der Waals surface area contributed by atoms with Crippen molar-refractivity contribution in [3.05, 3.63) is 42.0 Å². The molecule has 0 radical (unpaired) electrons. The van der Waals surface area contributed by atoms with Gasteiger partial charge in [0, 0.05) is 12.5 Å². The lowest BCUT2D eigenvalue weighted by molar-refractivity contribution is -0.271. The number of methoxy groups -OCH3 is 1. The second-order valence-corrected chi connectivity index (χ2v) is 6.14. The topological polar surface area (TPSA) is 112 Å². The molecule has 1 aromatic carbocycles. The third kappa shape index (κ3) is 3.78. The van der Waals surface area contributed by atoms with Crippen molar-refractivity contribution in [2.24, 2.45) is 0 Å². The molecule has 2 aliphatic rings. The van der Waals surface area contributed by atoms with Crippen LogP contribution in [0.3, 0.4) is 0 Å². The van der Waals surface area contributed by atoms with E-state index in [0.717, 1.165) is 12.7 Å². The van der Waals surface area contributed by atoms with E-state index in [1.807, 2.05) is 30.3 Å². The molecule has 2 N–H and O–H groups in total. The monoisotopic (exact) mass is 364 g/mol. The Hall–Kier alpha value is -2.26. The third-order valence-corrected chi connectivity index (χ3v) is 4.35. The van der Waals surface area contributed by atoms with Crippen LogP contribution < -0.4 is 0 Å². The van der Waals surface area contributed by atoms with Crippen molar-refractivity contribution in [2.75, 3.05) is 13.7 Å². The van der Waals surface area contributed by atoms with Gasteiger partial charge in [-0.1, -0.05) is 30.3 Å². The first kappa shape index (κ1) is 18.5. The lowest BCUT2D eigenvalue weighted by Gasteiger charge is -2.35. The van der Waals surface area contributed by atoms with Crippen LogP contribution in [0.15, 0.2) is 36.4 Å². The molecule has 0 spiro atoms. The molecule has 0 aliphatic carbocycles. The summed E-state index contributed by atoms with van der Waals surface area (Å²) in [4.78, 5) is 23.5. The van der Waals surface area contributed by atoms with E-state index in [2.05, 4.69) is 4.74 Å². The zero-order valence-electron chi connectivity index (χ0n) is 14.1. The molecule has 2 fully saturated rings. The molecule has 8 nitrogen and oxygen atoms in total. The molecule has 1 aromatic rings. The van der Waals surface area contributed by atoms with Crippen molar-refractivity contribution >= 4 is 18.0 Å². The first-order valence-electron chi connectivity index (χ1n) is 8.15. The summed E-state index contributed by atoms with van der Waals surface area (Å²) in [7, 11) is 1.12. The average molecular weight is 364 g/mol. The van der Waals surface area contributed by atoms with Crippen molar-refractivity contribution in [3.8, 4) is 0 Å². The fourth-order valence-corrected chi connectivity index (χ4v) is 3.04. The molecule has 3 rings (SSSR count). The maximum absolute atomic E-state index is 11.8. The van der Waals surface area contributed by atoms with E-state index in [-0.39, 0.29) is 13.0 Å². The van der Waals surface area contributed by atoms with Gasteiger partial charge in [-0.25, -0.2) is 9.59 Å². The van der Waals surface area contributed by atoms with Crippen LogP contribution in [0.4, 0.5) is 0 Å². The van der Waals surface area contributed by atoms with Crippen LogP contribution in [-0.4, -0.2) is 66.1 Å². The highest BCUT2D eigenvalue weighted by Gasteiger charge is 2.59. The van der Waals surface area contributed by atoms with Gasteiger partial charge < -0.3 is 29.2 Å². The second-order valence-electron chi connectivity index (χ2n) is 6.14. The van der Waals surface area contributed by atoms with Gasteiger partial charge in [-0.05, 0) is 11.6 Å². The smallest absolute Gasteiger partial charge is 0.366 e. The van der Waals surface area contributed by atoms with Crippen LogP contribution in [0.25, 0.3) is 6.08 Å². The number of esters is 2. The number of ether oxygens (including phenoxy) is 4. The van der Waals surface area contributed by atoms with Crippen molar-refractivity contribution < 1.29 is 38.7 Å². The van der Waals surface area contributed by atoms with Gasteiger partial charge in [0.15, 0.2) is 0 Å². The zero-order chi connectivity index (χ0) is 18.7. The predicted molar refractivity (Wildman–Crippen MR) is 87.6 cm³/mol. The highest BCUT2D eigenvalue weighted by atomic mass is 16.7. The minimum atomic E-state index is -2.19. The second kappa shape index (κ2) is 7.55. The molecule has 140 valence electrons. The van der Waals surface area contributed by atoms with Gasteiger partial charge in [0.2, 0.25) is 0 Å². The van der Waals surface area contributed by atoms with Crippen LogP contribution in [0.2, 0.25) is 0 Å². The normalized spacial score (nSPS) is 33.2. The largest absolute Gasteiger partial charge is 0.465 e. The Bertz CT molecular complexity index is 688. The molecule has 2 bridgehead atoms. The van der Waals surface area contributed by atoms with E-state index in [4.69, 9.17) is 14.2 Å². The van der Waals surface area contributed by atoms with Crippen molar-refractivity contribution in [2.45, 2.75) is 36.6 Å². The Kier molecular flexibility index (Phi) is 5.38. The molecular weight excluding hydrogens is 344 g/mol. The van der Waals surface area contributed by atoms with Gasteiger partial charge in [-0.3, -0.25) is 0 Å². The summed E-state index contributed by atoms with van der Waals surface area (Å²) in [5, 5.41) is 20.4. The van der Waals surface area contributed by atoms with Crippen LogP contribution in [0.1, 0.15) is 12.0 Å². The Morgan fingerprint density at radius 2 is 2.08 bits per heavy atom. The minimum Gasteiger partial charge on any atom is -0.465 e. The van der Waals surface area contributed by atoms with Crippen LogP contribution in [-0.2, 0) is 28.5 Å². The number of hydrogen-bond acceptors (Lipinski definition) is 8. The minimum absolute atomic E-state index is 0.187. The summed E-state index contributed by atoms with van der Waals surface area (Å²) in [5.41, 5.74) is 0.847. The molecule has 5 atom stereocenters. The number of aliphatic hydroxyl groups is 2. The van der Waals surface area contributed by atoms with E-state index in [1.165, 1.54) is 6.08 Å². The standard InChI is InChI=1S/C18H20O8/c1-23-17(21)18(22)9-12-15(20)16(26-18)13(25-12)10-24-14(19)8-7-11-5-3-2-4-6-11/h2-8,12-13,15-16,20,22H,9-10H2,1H3/t12-,13-,15+,16-,18-/m1/s1. The summed E-state index contributed by atoms with van der Waals surface area (Å²) in [6.07, 6.45) is -1.05. The molecule has 0 amide bonds. The van der Waals surface area contributed by atoms with Gasteiger partial charge in [0.1, 0.15) is 24.9 Å². The van der Waals surface area contributed by atoms with Crippen molar-refractivity contribution in [1.82, 2.24) is 0 Å². The predicted octanol–water partition coefficient (Wildman–Crippen LogP) is 0.0218. The number of carbonyl (C=O) groups excluding carboxylic acids is 2. The first-order valence-corrected chi connectivity index (χ1v) is 8.15. The molecule has 0 aromatic heterocycles. The summed E-state index contributed by atoms with van der Waals surface area (Å²) in [6.45, 7) is -0.187. The van der Waals surface area contributed by atoms with Gasteiger partial charge in [-0.2, -0.15) is 0 Å². The lowest BCUT2D eigenvalue weighted by atomic mass is 9.96. The number of aliphatic hydroxyl groups excluding tert-OH is 1. The fourth-order valence-electron chi connectivity index (χ4n) is 3.04. The Morgan fingerprint density at radius 3 is 2.77 bits per heavy atom. The number of benzene rings is 1. The summed E-state index contributed by atoms with van der Waals surface area (Å²) in [6, 6.07) is 9.24. The molecule has 2 saturated heterocycles. The number of hydrogen-bond donors (Lipinski definition) is 2.